The van der Waals surface area contributed by atoms with E-state index in [2.05, 4.69) is 4.52 Å². The van der Waals surface area contributed by atoms with E-state index in [4.69, 9.17) is 9.63 Å². The van der Waals surface area contributed by atoms with Gasteiger partial charge in [-0.1, -0.05) is 42.5 Å². The van der Waals surface area contributed by atoms with Gasteiger partial charge in [0.05, 0.1) is 0 Å². The van der Waals surface area contributed by atoms with Crippen LogP contribution in [0.25, 0.3) is 0 Å². The van der Waals surface area contributed by atoms with Crippen LogP contribution in [0.4, 0.5) is 0 Å². The van der Waals surface area contributed by atoms with E-state index >= 15 is 0 Å². The Bertz CT molecular complexity index is 525. The quantitative estimate of drug-likeness (QED) is 0.822. The summed E-state index contributed by atoms with van der Waals surface area (Å²) in [6, 6.07) is 17.1. The third-order valence-electron chi connectivity index (χ3n) is 2.51. The summed E-state index contributed by atoms with van der Waals surface area (Å²) < 4.78 is 20.6. The van der Waals surface area contributed by atoms with Crippen molar-refractivity contribution in [3.05, 3.63) is 65.7 Å². The molecule has 0 spiro atoms. The molecule has 0 amide bonds. The number of benzene rings is 2. The van der Waals surface area contributed by atoms with Crippen molar-refractivity contribution >= 4 is 8.25 Å². The molecule has 0 saturated heterocycles. The van der Waals surface area contributed by atoms with E-state index in [-0.39, 0.29) is 6.61 Å². The zero-order chi connectivity index (χ0) is 13.5. The van der Waals surface area contributed by atoms with E-state index < -0.39 is 8.25 Å². The molecule has 0 saturated carbocycles. The Balaban J connectivity index is 1.86. The summed E-state index contributed by atoms with van der Waals surface area (Å²) in [7, 11) is -2.55. The smallest absolute Gasteiger partial charge is 0.489 e. The first-order chi connectivity index (χ1) is 9.24. The van der Waals surface area contributed by atoms with Crippen molar-refractivity contribution in [1.82, 2.24) is 0 Å². The highest BCUT2D eigenvalue weighted by Gasteiger charge is 2.11. The van der Waals surface area contributed by atoms with E-state index in [0.717, 1.165) is 16.9 Å². The summed E-state index contributed by atoms with van der Waals surface area (Å²) in [5.41, 5.74) is 1.93. The summed E-state index contributed by atoms with van der Waals surface area (Å²) in [4.78, 5) is 8.54. The summed E-state index contributed by atoms with van der Waals surface area (Å²) in [5.74, 6) is 0.751. The van der Waals surface area contributed by atoms with E-state index in [1.807, 2.05) is 42.5 Å². The van der Waals surface area contributed by atoms with Crippen molar-refractivity contribution in [3.8, 4) is 5.75 Å². The standard InChI is InChI=1S/C14H13O4P/c15-19(16)18-11-13-6-8-14(9-7-13)17-10-12-4-2-1-3-5-12/h1-9H,10-11H2/p+1. The van der Waals surface area contributed by atoms with Gasteiger partial charge in [0.25, 0.3) is 0 Å². The highest BCUT2D eigenvalue weighted by atomic mass is 31.1. The fraction of sp³-hybridized carbons (Fsp3) is 0.143. The fourth-order valence-corrected chi connectivity index (χ4v) is 1.81. The Morgan fingerprint density at radius 2 is 1.53 bits per heavy atom. The van der Waals surface area contributed by atoms with Crippen LogP contribution >= 0.6 is 8.25 Å². The van der Waals surface area contributed by atoms with Crippen molar-refractivity contribution in [2.75, 3.05) is 0 Å². The van der Waals surface area contributed by atoms with Crippen LogP contribution in [-0.2, 0) is 22.3 Å². The average Bonchev–Trinajstić information content (AvgIpc) is 2.45. The Labute approximate surface area is 112 Å². The molecule has 2 rings (SSSR count). The van der Waals surface area contributed by atoms with E-state index in [1.165, 1.54) is 0 Å². The predicted octanol–water partition coefficient (Wildman–Crippen LogP) is 3.43. The molecule has 1 unspecified atom stereocenters. The first kappa shape index (κ1) is 13.7. The van der Waals surface area contributed by atoms with Crippen molar-refractivity contribution < 1.29 is 18.7 Å². The minimum atomic E-state index is -2.55. The molecule has 98 valence electrons. The van der Waals surface area contributed by atoms with E-state index in [1.54, 1.807) is 12.1 Å². The molecule has 0 aliphatic rings. The lowest BCUT2D eigenvalue weighted by atomic mass is 10.2. The largest absolute Gasteiger partial charge is 0.695 e. The molecule has 2 aromatic carbocycles. The second-order valence-corrected chi connectivity index (χ2v) is 4.66. The molecule has 0 fully saturated rings. The SMILES string of the molecule is O=[P+](O)OCc1ccc(OCc2ccccc2)cc1. The molecule has 0 heterocycles. The van der Waals surface area contributed by atoms with Crippen LogP contribution in [0.5, 0.6) is 5.75 Å². The summed E-state index contributed by atoms with van der Waals surface area (Å²) in [6.45, 7) is 0.629. The monoisotopic (exact) mass is 277 g/mol. The summed E-state index contributed by atoms with van der Waals surface area (Å²) in [6.07, 6.45) is 0. The lowest BCUT2D eigenvalue weighted by molar-refractivity contribution is 0.272. The molecular weight excluding hydrogens is 263 g/mol. The molecule has 5 heteroatoms. The molecular formula is C14H14O4P+. The van der Waals surface area contributed by atoms with Gasteiger partial charge in [-0.05, 0) is 23.3 Å². The Kier molecular flexibility index (Phi) is 5.04. The minimum absolute atomic E-state index is 0.116. The topological polar surface area (TPSA) is 55.8 Å². The molecule has 1 N–H and O–H groups in total. The highest BCUT2D eigenvalue weighted by molar-refractivity contribution is 7.32. The summed E-state index contributed by atoms with van der Waals surface area (Å²) in [5, 5.41) is 0. The molecule has 4 nitrogen and oxygen atoms in total. The van der Waals surface area contributed by atoms with E-state index in [0.29, 0.717) is 6.61 Å². The lowest BCUT2D eigenvalue weighted by Gasteiger charge is -2.06. The maximum absolute atomic E-state index is 10.4. The van der Waals surface area contributed by atoms with Gasteiger partial charge in [0.1, 0.15) is 19.0 Å². The van der Waals surface area contributed by atoms with Crippen molar-refractivity contribution in [2.45, 2.75) is 13.2 Å². The first-order valence-corrected chi connectivity index (χ1v) is 6.92. The van der Waals surface area contributed by atoms with Gasteiger partial charge >= 0.3 is 8.25 Å². The van der Waals surface area contributed by atoms with Crippen molar-refractivity contribution in [2.24, 2.45) is 0 Å². The maximum atomic E-state index is 10.4. The lowest BCUT2D eigenvalue weighted by Crippen LogP contribution is -1.95. The normalized spacial score (nSPS) is 11.1. The third kappa shape index (κ3) is 4.79. The molecule has 0 aliphatic carbocycles. The second-order valence-electron chi connectivity index (χ2n) is 3.93. The molecule has 0 aliphatic heterocycles. The minimum Gasteiger partial charge on any atom is -0.489 e. The third-order valence-corrected chi connectivity index (χ3v) is 2.86. The number of hydrogen-bond donors (Lipinski definition) is 1. The van der Waals surface area contributed by atoms with Crippen LogP contribution in [0.15, 0.2) is 54.6 Å². The van der Waals surface area contributed by atoms with Crippen LogP contribution in [0.3, 0.4) is 0 Å². The van der Waals surface area contributed by atoms with E-state index in [9.17, 15) is 4.57 Å². The molecule has 0 radical (unpaired) electrons. The molecule has 2 aromatic rings. The van der Waals surface area contributed by atoms with Gasteiger partial charge in [-0.3, -0.25) is 0 Å². The maximum Gasteiger partial charge on any atom is 0.695 e. The van der Waals surface area contributed by atoms with Crippen molar-refractivity contribution in [1.29, 1.82) is 0 Å². The van der Waals surface area contributed by atoms with Crippen LogP contribution in [0.2, 0.25) is 0 Å². The van der Waals surface area contributed by atoms with Crippen LogP contribution < -0.4 is 4.74 Å². The fourth-order valence-electron chi connectivity index (χ4n) is 1.55. The van der Waals surface area contributed by atoms with Gasteiger partial charge in [-0.2, -0.15) is 0 Å². The van der Waals surface area contributed by atoms with Crippen LogP contribution in [0.1, 0.15) is 11.1 Å². The Morgan fingerprint density at radius 1 is 0.895 bits per heavy atom. The van der Waals surface area contributed by atoms with Gasteiger partial charge < -0.3 is 4.74 Å². The van der Waals surface area contributed by atoms with Gasteiger partial charge in [-0.25, -0.2) is 0 Å². The van der Waals surface area contributed by atoms with Gasteiger partial charge in [0, 0.05) is 4.57 Å². The zero-order valence-electron chi connectivity index (χ0n) is 10.2. The molecule has 0 aromatic heterocycles. The average molecular weight is 277 g/mol. The van der Waals surface area contributed by atoms with Crippen molar-refractivity contribution in [3.63, 3.8) is 0 Å². The first-order valence-electron chi connectivity index (χ1n) is 5.79. The Morgan fingerprint density at radius 3 is 2.16 bits per heavy atom. The predicted molar refractivity (Wildman–Crippen MR) is 71.8 cm³/mol. The van der Waals surface area contributed by atoms with Gasteiger partial charge in [0.15, 0.2) is 0 Å². The number of rotatable bonds is 6. The number of ether oxygens (including phenoxy) is 1. The molecule has 0 bridgehead atoms. The molecule has 1 atom stereocenters. The highest BCUT2D eigenvalue weighted by Crippen LogP contribution is 2.20. The van der Waals surface area contributed by atoms with Gasteiger partial charge in [-0.15, -0.1) is 9.42 Å². The zero-order valence-corrected chi connectivity index (χ0v) is 11.1. The van der Waals surface area contributed by atoms with Crippen LogP contribution in [-0.4, -0.2) is 4.89 Å². The van der Waals surface area contributed by atoms with Gasteiger partial charge in [0.2, 0.25) is 0 Å². The number of hydrogen-bond acceptors (Lipinski definition) is 3. The molecule has 19 heavy (non-hydrogen) atoms. The Hall–Kier alpha value is -1.74. The summed E-state index contributed by atoms with van der Waals surface area (Å²) >= 11 is 0. The van der Waals surface area contributed by atoms with Crippen LogP contribution in [0, 0.1) is 0 Å². The second kappa shape index (κ2) is 7.00.